The molecule has 120 valence electrons. The van der Waals surface area contributed by atoms with Crippen LogP contribution in [-0.4, -0.2) is 26.2 Å². The molecular formula is C21H26NO+. The largest absolute Gasteiger partial charge is 0.493 e. The zero-order chi connectivity index (χ0) is 16.3. The van der Waals surface area contributed by atoms with Crippen molar-refractivity contribution in [1.82, 2.24) is 0 Å². The summed E-state index contributed by atoms with van der Waals surface area (Å²) in [6, 6.07) is 18.6. The van der Waals surface area contributed by atoms with Crippen LogP contribution in [0.2, 0.25) is 0 Å². The van der Waals surface area contributed by atoms with Gasteiger partial charge >= 0.3 is 0 Å². The number of quaternary nitrogens is 1. The van der Waals surface area contributed by atoms with Crippen molar-refractivity contribution in [3.8, 4) is 16.9 Å². The Morgan fingerprint density at radius 3 is 2.22 bits per heavy atom. The van der Waals surface area contributed by atoms with Gasteiger partial charge in [-0.15, -0.1) is 0 Å². The first-order valence-electron chi connectivity index (χ1n) is 8.17. The molecule has 0 heterocycles. The van der Waals surface area contributed by atoms with E-state index in [2.05, 4.69) is 49.6 Å². The minimum absolute atomic E-state index is 0.724. The molecule has 2 aromatic rings. The molecule has 0 unspecified atom stereocenters. The highest BCUT2D eigenvalue weighted by Crippen LogP contribution is 2.29. The average Bonchev–Trinajstić information content (AvgIpc) is 2.60. The molecule has 2 rings (SSSR count). The van der Waals surface area contributed by atoms with Gasteiger partial charge in [-0.05, 0) is 23.8 Å². The van der Waals surface area contributed by atoms with E-state index < -0.39 is 0 Å². The van der Waals surface area contributed by atoms with Crippen LogP contribution in [0, 0.1) is 0 Å². The van der Waals surface area contributed by atoms with Crippen molar-refractivity contribution in [2.24, 2.45) is 0 Å². The molecule has 2 heteroatoms. The smallest absolute Gasteiger partial charge is 0.127 e. The Bertz CT molecular complexity index is 596. The third kappa shape index (κ3) is 5.42. The van der Waals surface area contributed by atoms with E-state index in [-0.39, 0.29) is 0 Å². The Morgan fingerprint density at radius 2 is 1.52 bits per heavy atom. The van der Waals surface area contributed by atoms with Crippen LogP contribution >= 0.6 is 0 Å². The molecule has 0 spiro atoms. The molecule has 0 radical (unpaired) electrons. The standard InChI is InChI=1S/C21H25NO/c1-3-15-22(16-4-2)17-10-18-23-21-14-9-8-13-20(21)19-11-6-5-7-12-19/h3-9,11-14H,1-2,10,15-18H2/p+1. The zero-order valence-corrected chi connectivity index (χ0v) is 13.7. The van der Waals surface area contributed by atoms with E-state index in [1.165, 1.54) is 10.5 Å². The minimum Gasteiger partial charge on any atom is -0.493 e. The lowest BCUT2D eigenvalue weighted by Crippen LogP contribution is -3.11. The van der Waals surface area contributed by atoms with Crippen molar-refractivity contribution in [1.29, 1.82) is 0 Å². The molecular weight excluding hydrogens is 282 g/mol. The Hall–Kier alpha value is -2.32. The minimum atomic E-state index is 0.724. The second-order valence-electron chi connectivity index (χ2n) is 5.55. The average molecular weight is 308 g/mol. The maximum atomic E-state index is 6.03. The molecule has 0 aromatic heterocycles. The van der Waals surface area contributed by atoms with Gasteiger partial charge in [-0.2, -0.15) is 0 Å². The number of para-hydroxylation sites is 1. The fourth-order valence-electron chi connectivity index (χ4n) is 2.65. The van der Waals surface area contributed by atoms with Crippen LogP contribution in [0.4, 0.5) is 0 Å². The summed E-state index contributed by atoms with van der Waals surface area (Å²) < 4.78 is 6.03. The van der Waals surface area contributed by atoms with Crippen molar-refractivity contribution >= 4 is 0 Å². The molecule has 0 bridgehead atoms. The number of benzene rings is 2. The Balaban J connectivity index is 1.91. The summed E-state index contributed by atoms with van der Waals surface area (Å²) in [4.78, 5) is 1.47. The second-order valence-corrected chi connectivity index (χ2v) is 5.55. The van der Waals surface area contributed by atoms with Crippen molar-refractivity contribution in [2.45, 2.75) is 6.42 Å². The first kappa shape index (κ1) is 17.0. The van der Waals surface area contributed by atoms with E-state index >= 15 is 0 Å². The van der Waals surface area contributed by atoms with E-state index in [1.807, 2.05) is 30.4 Å². The second kappa shape index (κ2) is 9.65. The van der Waals surface area contributed by atoms with Gasteiger partial charge in [-0.3, -0.25) is 0 Å². The lowest BCUT2D eigenvalue weighted by atomic mass is 10.1. The molecule has 0 fully saturated rings. The van der Waals surface area contributed by atoms with Crippen molar-refractivity contribution in [3.05, 3.63) is 79.9 Å². The van der Waals surface area contributed by atoms with Gasteiger partial charge in [0.25, 0.3) is 0 Å². The lowest BCUT2D eigenvalue weighted by molar-refractivity contribution is -0.888. The molecule has 1 N–H and O–H groups in total. The van der Waals surface area contributed by atoms with E-state index in [0.717, 1.165) is 44.0 Å². The van der Waals surface area contributed by atoms with Crippen LogP contribution in [0.15, 0.2) is 79.9 Å². The summed E-state index contributed by atoms with van der Waals surface area (Å²) in [7, 11) is 0. The highest BCUT2D eigenvalue weighted by Gasteiger charge is 2.07. The van der Waals surface area contributed by atoms with Crippen molar-refractivity contribution in [2.75, 3.05) is 26.2 Å². The molecule has 23 heavy (non-hydrogen) atoms. The van der Waals surface area contributed by atoms with Crippen LogP contribution in [0.25, 0.3) is 11.1 Å². The van der Waals surface area contributed by atoms with E-state index in [0.29, 0.717) is 0 Å². The summed E-state index contributed by atoms with van der Waals surface area (Å²) in [6.07, 6.45) is 4.94. The molecule has 0 atom stereocenters. The molecule has 0 aliphatic carbocycles. The quantitative estimate of drug-likeness (QED) is 0.525. The predicted molar refractivity (Wildman–Crippen MR) is 97.9 cm³/mol. The van der Waals surface area contributed by atoms with Gasteiger partial charge in [0.05, 0.1) is 26.2 Å². The summed E-state index contributed by atoms with van der Waals surface area (Å²) in [6.45, 7) is 11.3. The van der Waals surface area contributed by atoms with Gasteiger partial charge in [-0.1, -0.05) is 61.7 Å². The predicted octanol–water partition coefficient (Wildman–Crippen LogP) is 3.38. The maximum absolute atomic E-state index is 6.03. The van der Waals surface area contributed by atoms with E-state index in [4.69, 9.17) is 4.74 Å². The fraction of sp³-hybridized carbons (Fsp3) is 0.238. The number of hydrogen-bond acceptors (Lipinski definition) is 1. The molecule has 0 aliphatic heterocycles. The van der Waals surface area contributed by atoms with Crippen molar-refractivity contribution < 1.29 is 9.64 Å². The summed E-state index contributed by atoms with van der Waals surface area (Å²) in [5.74, 6) is 0.952. The Morgan fingerprint density at radius 1 is 0.870 bits per heavy atom. The summed E-state index contributed by atoms with van der Waals surface area (Å²) in [5, 5.41) is 0. The van der Waals surface area contributed by atoms with E-state index in [9.17, 15) is 0 Å². The van der Waals surface area contributed by atoms with E-state index in [1.54, 1.807) is 0 Å². The fourth-order valence-corrected chi connectivity index (χ4v) is 2.65. The molecule has 0 aliphatic rings. The molecule has 2 aromatic carbocycles. The normalized spacial score (nSPS) is 10.5. The van der Waals surface area contributed by atoms with Crippen LogP contribution in [0.1, 0.15) is 6.42 Å². The van der Waals surface area contributed by atoms with Crippen molar-refractivity contribution in [3.63, 3.8) is 0 Å². The first-order valence-corrected chi connectivity index (χ1v) is 8.17. The van der Waals surface area contributed by atoms with Crippen LogP contribution < -0.4 is 9.64 Å². The highest BCUT2D eigenvalue weighted by molar-refractivity contribution is 5.70. The van der Waals surface area contributed by atoms with Crippen LogP contribution in [0.3, 0.4) is 0 Å². The first-order chi connectivity index (χ1) is 11.3. The molecule has 2 nitrogen and oxygen atoms in total. The molecule has 0 saturated carbocycles. The third-order valence-corrected chi connectivity index (χ3v) is 3.77. The number of rotatable bonds is 10. The van der Waals surface area contributed by atoms with Gasteiger partial charge in [0.15, 0.2) is 0 Å². The summed E-state index contributed by atoms with van der Waals surface area (Å²) >= 11 is 0. The number of ether oxygens (including phenoxy) is 1. The number of nitrogens with one attached hydrogen (secondary N) is 1. The zero-order valence-electron chi connectivity index (χ0n) is 13.7. The topological polar surface area (TPSA) is 13.7 Å². The Kier molecular flexibility index (Phi) is 7.15. The van der Waals surface area contributed by atoms with Gasteiger partial charge in [-0.25, -0.2) is 0 Å². The van der Waals surface area contributed by atoms with Gasteiger partial charge < -0.3 is 9.64 Å². The Labute approximate surface area is 139 Å². The highest BCUT2D eigenvalue weighted by atomic mass is 16.5. The SMILES string of the molecule is C=CC[NH+](CC=C)CCCOc1ccccc1-c1ccccc1. The summed E-state index contributed by atoms with van der Waals surface area (Å²) in [5.41, 5.74) is 2.34. The molecule has 0 amide bonds. The monoisotopic (exact) mass is 308 g/mol. The number of hydrogen-bond donors (Lipinski definition) is 1. The van der Waals surface area contributed by atoms with Gasteiger partial charge in [0.1, 0.15) is 5.75 Å². The van der Waals surface area contributed by atoms with Crippen LogP contribution in [0.5, 0.6) is 5.75 Å². The third-order valence-electron chi connectivity index (χ3n) is 3.77. The van der Waals surface area contributed by atoms with Gasteiger partial charge in [0.2, 0.25) is 0 Å². The van der Waals surface area contributed by atoms with Gasteiger partial charge in [0, 0.05) is 12.0 Å². The van der Waals surface area contributed by atoms with Crippen LogP contribution in [-0.2, 0) is 0 Å². The maximum Gasteiger partial charge on any atom is 0.127 e. The lowest BCUT2D eigenvalue weighted by Gasteiger charge is -2.16. The molecule has 0 saturated heterocycles.